The third kappa shape index (κ3) is 1.02. The van der Waals surface area contributed by atoms with Crippen LogP contribution < -0.4 is 0 Å². The number of hydrogen-bond donors (Lipinski definition) is 1. The highest BCUT2D eigenvalue weighted by atomic mass is 19.2. The molecule has 1 aromatic carbocycles. The van der Waals surface area contributed by atoms with Crippen molar-refractivity contribution in [3.8, 4) is 0 Å². The molecule has 1 aliphatic rings. The van der Waals surface area contributed by atoms with Gasteiger partial charge in [0.15, 0.2) is 0 Å². The molecule has 1 unspecified atom stereocenters. The molecule has 1 aliphatic carbocycles. The molecule has 0 aromatic heterocycles. The minimum atomic E-state index is -2.18. The molecule has 2 rings (SSSR count). The van der Waals surface area contributed by atoms with Gasteiger partial charge in [-0.1, -0.05) is 38.1 Å². The SMILES string of the molecule is CC1(C)Cc2ccccc2C1(O)F. The van der Waals surface area contributed by atoms with E-state index in [4.69, 9.17) is 0 Å². The molecule has 0 heterocycles. The van der Waals surface area contributed by atoms with Crippen LogP contribution >= 0.6 is 0 Å². The molecule has 13 heavy (non-hydrogen) atoms. The highest BCUT2D eigenvalue weighted by Crippen LogP contribution is 2.50. The fourth-order valence-corrected chi connectivity index (χ4v) is 1.96. The van der Waals surface area contributed by atoms with Gasteiger partial charge in [-0.05, 0) is 12.0 Å². The van der Waals surface area contributed by atoms with Gasteiger partial charge < -0.3 is 5.11 Å². The first-order chi connectivity index (χ1) is 5.95. The molecule has 2 heteroatoms. The molecule has 0 bridgehead atoms. The van der Waals surface area contributed by atoms with Crippen LogP contribution in [-0.2, 0) is 12.3 Å². The van der Waals surface area contributed by atoms with E-state index >= 15 is 0 Å². The Morgan fingerprint density at radius 3 is 2.54 bits per heavy atom. The maximum atomic E-state index is 13.9. The van der Waals surface area contributed by atoms with Crippen LogP contribution in [0.3, 0.4) is 0 Å². The number of alkyl halides is 1. The number of benzene rings is 1. The summed E-state index contributed by atoms with van der Waals surface area (Å²) in [5, 5.41) is 9.71. The van der Waals surface area contributed by atoms with E-state index in [2.05, 4.69) is 0 Å². The van der Waals surface area contributed by atoms with E-state index in [0.717, 1.165) is 5.56 Å². The van der Waals surface area contributed by atoms with Gasteiger partial charge in [0.25, 0.3) is 0 Å². The molecule has 1 N–H and O–H groups in total. The number of fused-ring (bicyclic) bond motifs is 1. The quantitative estimate of drug-likeness (QED) is 0.650. The summed E-state index contributed by atoms with van der Waals surface area (Å²) in [5.74, 6) is -2.18. The average molecular weight is 180 g/mol. The molecule has 70 valence electrons. The highest BCUT2D eigenvalue weighted by molar-refractivity contribution is 5.38. The van der Waals surface area contributed by atoms with Crippen molar-refractivity contribution in [3.63, 3.8) is 0 Å². The summed E-state index contributed by atoms with van der Waals surface area (Å²) in [5.41, 5.74) is 0.633. The molecule has 1 nitrogen and oxygen atoms in total. The molecule has 0 saturated heterocycles. The normalized spacial score (nSPS) is 30.2. The van der Waals surface area contributed by atoms with Crippen molar-refractivity contribution in [1.29, 1.82) is 0 Å². The number of hydrogen-bond acceptors (Lipinski definition) is 1. The third-order valence-electron chi connectivity index (χ3n) is 2.90. The number of aliphatic hydroxyl groups is 1. The Labute approximate surface area is 77.2 Å². The van der Waals surface area contributed by atoms with E-state index in [1.165, 1.54) is 0 Å². The zero-order valence-electron chi connectivity index (χ0n) is 7.84. The van der Waals surface area contributed by atoms with Gasteiger partial charge in [-0.15, -0.1) is 0 Å². The van der Waals surface area contributed by atoms with E-state index in [1.807, 2.05) is 12.1 Å². The fourth-order valence-electron chi connectivity index (χ4n) is 1.96. The Bertz CT molecular complexity index is 342. The Kier molecular flexibility index (Phi) is 1.55. The zero-order valence-corrected chi connectivity index (χ0v) is 7.84. The molecule has 1 atom stereocenters. The van der Waals surface area contributed by atoms with Crippen LogP contribution in [0.25, 0.3) is 0 Å². The second-order valence-electron chi connectivity index (χ2n) is 4.34. The Balaban J connectivity index is 2.60. The van der Waals surface area contributed by atoms with Gasteiger partial charge in [0.05, 0.1) is 0 Å². The monoisotopic (exact) mass is 180 g/mol. The summed E-state index contributed by atoms with van der Waals surface area (Å²) in [6.07, 6.45) is 0.593. The van der Waals surface area contributed by atoms with Gasteiger partial charge in [0.1, 0.15) is 0 Å². The lowest BCUT2D eigenvalue weighted by Crippen LogP contribution is -2.33. The molecular weight excluding hydrogens is 167 g/mol. The molecule has 0 spiro atoms. The van der Waals surface area contributed by atoms with Crippen molar-refractivity contribution in [2.24, 2.45) is 5.41 Å². The Morgan fingerprint density at radius 1 is 1.31 bits per heavy atom. The van der Waals surface area contributed by atoms with E-state index in [-0.39, 0.29) is 0 Å². The van der Waals surface area contributed by atoms with E-state index in [0.29, 0.717) is 12.0 Å². The summed E-state index contributed by atoms with van der Waals surface area (Å²) in [6, 6.07) is 7.15. The van der Waals surface area contributed by atoms with Crippen molar-refractivity contribution in [1.82, 2.24) is 0 Å². The van der Waals surface area contributed by atoms with Gasteiger partial charge in [0, 0.05) is 11.0 Å². The minimum Gasteiger partial charge on any atom is -0.358 e. The standard InChI is InChI=1S/C11H13FO/c1-10(2)7-8-5-3-4-6-9(8)11(10,12)13/h3-6,13H,7H2,1-2H3. The lowest BCUT2D eigenvalue weighted by atomic mass is 9.85. The largest absolute Gasteiger partial charge is 0.358 e. The molecular formula is C11H13FO. The van der Waals surface area contributed by atoms with Crippen molar-refractivity contribution < 1.29 is 9.50 Å². The summed E-state index contributed by atoms with van der Waals surface area (Å²) in [6.45, 7) is 3.49. The van der Waals surface area contributed by atoms with Gasteiger partial charge in [-0.25, -0.2) is 4.39 Å². The van der Waals surface area contributed by atoms with Gasteiger partial charge in [-0.2, -0.15) is 0 Å². The van der Waals surface area contributed by atoms with E-state index in [9.17, 15) is 9.50 Å². The maximum absolute atomic E-state index is 13.9. The van der Waals surface area contributed by atoms with Crippen LogP contribution in [0.1, 0.15) is 25.0 Å². The molecule has 0 radical (unpaired) electrons. The minimum absolute atomic E-state index is 0.431. The average Bonchev–Trinajstić information content (AvgIpc) is 2.20. The second-order valence-corrected chi connectivity index (χ2v) is 4.34. The maximum Gasteiger partial charge on any atom is 0.238 e. The Morgan fingerprint density at radius 2 is 1.92 bits per heavy atom. The van der Waals surface area contributed by atoms with Crippen LogP contribution in [0.15, 0.2) is 24.3 Å². The first-order valence-corrected chi connectivity index (χ1v) is 4.45. The first-order valence-electron chi connectivity index (χ1n) is 4.45. The van der Waals surface area contributed by atoms with Crippen molar-refractivity contribution in [2.75, 3.05) is 0 Å². The lowest BCUT2D eigenvalue weighted by Gasteiger charge is -2.29. The first kappa shape index (κ1) is 8.70. The van der Waals surface area contributed by atoms with E-state index in [1.54, 1.807) is 26.0 Å². The van der Waals surface area contributed by atoms with Crippen LogP contribution in [0.4, 0.5) is 4.39 Å². The topological polar surface area (TPSA) is 20.2 Å². The molecule has 0 aliphatic heterocycles. The molecule has 1 aromatic rings. The highest BCUT2D eigenvalue weighted by Gasteiger charge is 2.51. The second kappa shape index (κ2) is 2.32. The predicted molar refractivity (Wildman–Crippen MR) is 48.9 cm³/mol. The summed E-state index contributed by atoms with van der Waals surface area (Å²) < 4.78 is 13.9. The number of rotatable bonds is 0. The fraction of sp³-hybridized carbons (Fsp3) is 0.455. The van der Waals surface area contributed by atoms with E-state index < -0.39 is 11.3 Å². The third-order valence-corrected chi connectivity index (χ3v) is 2.90. The zero-order chi connectivity index (χ0) is 9.69. The van der Waals surface area contributed by atoms with Gasteiger partial charge in [-0.3, -0.25) is 0 Å². The van der Waals surface area contributed by atoms with Gasteiger partial charge in [0.2, 0.25) is 5.85 Å². The summed E-state index contributed by atoms with van der Waals surface area (Å²) >= 11 is 0. The van der Waals surface area contributed by atoms with Crippen molar-refractivity contribution in [2.45, 2.75) is 26.1 Å². The van der Waals surface area contributed by atoms with Crippen LogP contribution in [0, 0.1) is 5.41 Å². The number of halogens is 1. The van der Waals surface area contributed by atoms with Crippen LogP contribution in [-0.4, -0.2) is 5.11 Å². The van der Waals surface area contributed by atoms with Crippen molar-refractivity contribution in [3.05, 3.63) is 35.4 Å². The summed E-state index contributed by atoms with van der Waals surface area (Å²) in [4.78, 5) is 0. The van der Waals surface area contributed by atoms with Gasteiger partial charge >= 0.3 is 0 Å². The van der Waals surface area contributed by atoms with Crippen molar-refractivity contribution >= 4 is 0 Å². The Hall–Kier alpha value is -0.890. The lowest BCUT2D eigenvalue weighted by molar-refractivity contribution is -0.171. The van der Waals surface area contributed by atoms with Crippen LogP contribution in [0.2, 0.25) is 0 Å². The smallest absolute Gasteiger partial charge is 0.238 e. The predicted octanol–water partition coefficient (Wildman–Crippen LogP) is 2.38. The molecule has 0 fully saturated rings. The molecule has 0 amide bonds. The van der Waals surface area contributed by atoms with Crippen LogP contribution in [0.5, 0.6) is 0 Å². The molecule has 0 saturated carbocycles. The summed E-state index contributed by atoms with van der Waals surface area (Å²) in [7, 11) is 0.